The van der Waals surface area contributed by atoms with E-state index >= 15 is 0 Å². The predicted octanol–water partition coefficient (Wildman–Crippen LogP) is 9.80. The maximum Gasteiger partial charge on any atom is 0.123 e. The molecule has 0 heterocycles. The van der Waals surface area contributed by atoms with E-state index < -0.39 is 0 Å². The highest BCUT2D eigenvalue weighted by Crippen LogP contribution is 2.27. The molecule has 5 nitrogen and oxygen atoms in total. The van der Waals surface area contributed by atoms with Gasteiger partial charge in [-0.25, -0.2) is 0 Å². The molecular formula is C43H36O5. The molecule has 7 aromatic rings. The zero-order valence-electron chi connectivity index (χ0n) is 26.5. The molecule has 0 fully saturated rings. The van der Waals surface area contributed by atoms with Crippen LogP contribution in [0.4, 0.5) is 0 Å². The van der Waals surface area contributed by atoms with Gasteiger partial charge in [0.25, 0.3) is 0 Å². The molecular weight excluding hydrogens is 596 g/mol. The van der Waals surface area contributed by atoms with Gasteiger partial charge in [-0.3, -0.25) is 0 Å². The van der Waals surface area contributed by atoms with Gasteiger partial charge in [-0.1, -0.05) is 97.1 Å². The monoisotopic (exact) mass is 632 g/mol. The van der Waals surface area contributed by atoms with Crippen LogP contribution in [0.3, 0.4) is 0 Å². The fourth-order valence-electron chi connectivity index (χ4n) is 5.66. The first-order valence-electron chi connectivity index (χ1n) is 16.1. The summed E-state index contributed by atoms with van der Waals surface area (Å²) < 4.78 is 24.5. The Morgan fingerprint density at radius 3 is 1.17 bits per heavy atom. The summed E-state index contributed by atoms with van der Waals surface area (Å²) in [7, 11) is 0. The van der Waals surface area contributed by atoms with Crippen LogP contribution < -0.4 is 18.9 Å². The van der Waals surface area contributed by atoms with Gasteiger partial charge >= 0.3 is 0 Å². The fraction of sp³-hybridized carbons (Fsp3) is 0.116. The Hall–Kier alpha value is -5.78. The average molecular weight is 633 g/mol. The van der Waals surface area contributed by atoms with Crippen LogP contribution in [0.2, 0.25) is 0 Å². The topological polar surface area (TPSA) is 57.2 Å². The highest BCUT2D eigenvalue weighted by molar-refractivity contribution is 5.83. The summed E-state index contributed by atoms with van der Waals surface area (Å²) in [5.41, 5.74) is 4.89. The number of rotatable bonds is 13. The molecule has 7 aromatic carbocycles. The summed E-state index contributed by atoms with van der Waals surface area (Å²) in [6, 6.07) is 50.7. The molecule has 0 aliphatic heterocycles. The lowest BCUT2D eigenvalue weighted by Gasteiger charge is -2.13. The quantitative estimate of drug-likeness (QED) is 0.137. The van der Waals surface area contributed by atoms with Crippen molar-refractivity contribution in [2.24, 2.45) is 0 Å². The number of aliphatic hydroxyl groups excluding tert-OH is 1. The summed E-state index contributed by atoms with van der Waals surface area (Å²) in [5.74, 6) is 2.79. The molecule has 0 atom stereocenters. The Balaban J connectivity index is 0.941. The molecule has 0 saturated heterocycles. The van der Waals surface area contributed by atoms with Crippen molar-refractivity contribution < 1.29 is 24.1 Å². The molecule has 0 amide bonds. The molecule has 0 saturated carbocycles. The molecule has 0 bridgehead atoms. The highest BCUT2D eigenvalue weighted by Gasteiger charge is 2.07. The van der Waals surface area contributed by atoms with E-state index in [0.717, 1.165) is 33.8 Å². The van der Waals surface area contributed by atoms with E-state index in [1.807, 2.05) is 91.0 Å². The van der Waals surface area contributed by atoms with E-state index in [1.165, 1.54) is 21.5 Å². The van der Waals surface area contributed by atoms with E-state index in [0.29, 0.717) is 43.5 Å². The van der Waals surface area contributed by atoms with E-state index in [-0.39, 0.29) is 6.61 Å². The molecule has 0 unspecified atom stereocenters. The maximum absolute atomic E-state index is 9.91. The summed E-state index contributed by atoms with van der Waals surface area (Å²) in [6.45, 7) is 1.53. The molecule has 0 spiro atoms. The number of hydrogen-bond donors (Lipinski definition) is 1. The normalized spacial score (nSPS) is 11.0. The third-order valence-corrected chi connectivity index (χ3v) is 8.17. The molecule has 5 heteroatoms. The Bertz CT molecular complexity index is 2010. The van der Waals surface area contributed by atoms with Crippen molar-refractivity contribution in [1.29, 1.82) is 0 Å². The first-order valence-corrected chi connectivity index (χ1v) is 16.1. The van der Waals surface area contributed by atoms with Crippen LogP contribution in [0.1, 0.15) is 27.8 Å². The van der Waals surface area contributed by atoms with Gasteiger partial charge < -0.3 is 24.1 Å². The van der Waals surface area contributed by atoms with Crippen molar-refractivity contribution in [3.63, 3.8) is 0 Å². The van der Waals surface area contributed by atoms with Gasteiger partial charge in [-0.05, 0) is 97.9 Å². The molecule has 0 aliphatic rings. The van der Waals surface area contributed by atoms with Crippen LogP contribution in [0.5, 0.6) is 23.0 Å². The number of fused-ring (bicyclic) bond motifs is 2. The second kappa shape index (κ2) is 14.8. The van der Waals surface area contributed by atoms with E-state index in [9.17, 15) is 5.11 Å². The van der Waals surface area contributed by atoms with Crippen LogP contribution in [-0.2, 0) is 33.0 Å². The third kappa shape index (κ3) is 7.95. The number of benzene rings is 7. The Labute approximate surface area is 280 Å². The molecule has 1 N–H and O–H groups in total. The van der Waals surface area contributed by atoms with Crippen molar-refractivity contribution in [3.8, 4) is 23.0 Å². The Kier molecular flexibility index (Phi) is 9.48. The Morgan fingerprint density at radius 1 is 0.312 bits per heavy atom. The molecule has 0 aromatic heterocycles. The summed E-state index contributed by atoms with van der Waals surface area (Å²) in [4.78, 5) is 0. The first-order chi connectivity index (χ1) is 23.7. The van der Waals surface area contributed by atoms with Gasteiger partial charge in [0.15, 0.2) is 0 Å². The van der Waals surface area contributed by atoms with Crippen molar-refractivity contribution in [3.05, 3.63) is 179 Å². The zero-order chi connectivity index (χ0) is 32.5. The second-order valence-corrected chi connectivity index (χ2v) is 11.8. The Morgan fingerprint density at radius 2 is 0.708 bits per heavy atom. The zero-order valence-corrected chi connectivity index (χ0v) is 26.5. The lowest BCUT2D eigenvalue weighted by Crippen LogP contribution is -2.01. The van der Waals surface area contributed by atoms with Crippen LogP contribution in [0, 0.1) is 0 Å². The molecule has 0 aliphatic carbocycles. The second-order valence-electron chi connectivity index (χ2n) is 11.8. The molecule has 7 rings (SSSR count). The van der Waals surface area contributed by atoms with Crippen molar-refractivity contribution in [2.75, 3.05) is 0 Å². The predicted molar refractivity (Wildman–Crippen MR) is 190 cm³/mol. The number of aliphatic hydroxyl groups is 1. The van der Waals surface area contributed by atoms with Crippen LogP contribution in [0.25, 0.3) is 21.5 Å². The van der Waals surface area contributed by atoms with Gasteiger partial charge in [0.1, 0.15) is 49.4 Å². The van der Waals surface area contributed by atoms with Crippen LogP contribution >= 0.6 is 0 Å². The number of hydrogen-bond acceptors (Lipinski definition) is 5. The minimum atomic E-state index is -0.121. The lowest BCUT2D eigenvalue weighted by molar-refractivity contribution is 0.270. The minimum Gasteiger partial charge on any atom is -0.489 e. The van der Waals surface area contributed by atoms with E-state index in [2.05, 4.69) is 60.7 Å². The summed E-state index contributed by atoms with van der Waals surface area (Å²) in [5, 5.41) is 14.7. The number of ether oxygens (including phenoxy) is 4. The van der Waals surface area contributed by atoms with E-state index in [4.69, 9.17) is 18.9 Å². The van der Waals surface area contributed by atoms with Gasteiger partial charge in [0, 0.05) is 6.07 Å². The largest absolute Gasteiger partial charge is 0.489 e. The fourth-order valence-corrected chi connectivity index (χ4v) is 5.66. The molecule has 238 valence electrons. The van der Waals surface area contributed by atoms with Crippen LogP contribution in [0.15, 0.2) is 152 Å². The summed E-state index contributed by atoms with van der Waals surface area (Å²) >= 11 is 0. The van der Waals surface area contributed by atoms with Gasteiger partial charge in [0.05, 0.1) is 6.61 Å². The van der Waals surface area contributed by atoms with Gasteiger partial charge in [-0.2, -0.15) is 0 Å². The SMILES string of the molecule is OCc1cc(OCc2cccc(OCc3ccc4ccccc4c3)c2)cc(OCc2cccc(OCc3ccc4ccccc4c3)c2)c1. The lowest BCUT2D eigenvalue weighted by atomic mass is 10.1. The first kappa shape index (κ1) is 30.9. The van der Waals surface area contributed by atoms with Gasteiger partial charge in [0.2, 0.25) is 0 Å². The average Bonchev–Trinajstić information content (AvgIpc) is 3.14. The van der Waals surface area contributed by atoms with Crippen molar-refractivity contribution in [2.45, 2.75) is 33.0 Å². The van der Waals surface area contributed by atoms with Crippen LogP contribution in [-0.4, -0.2) is 5.11 Å². The minimum absolute atomic E-state index is 0.121. The van der Waals surface area contributed by atoms with Gasteiger partial charge in [-0.15, -0.1) is 0 Å². The maximum atomic E-state index is 9.91. The molecule has 0 radical (unpaired) electrons. The molecule has 48 heavy (non-hydrogen) atoms. The summed E-state index contributed by atoms with van der Waals surface area (Å²) in [6.07, 6.45) is 0. The van der Waals surface area contributed by atoms with E-state index in [1.54, 1.807) is 0 Å². The standard InChI is InChI=1S/C43H36O5/c44-26-35-23-42(47-27-31-7-5-13-40(21-31)45-29-33-15-17-36-9-1-3-11-38(36)19-33)25-43(24-35)48-28-32-8-6-14-41(22-32)46-30-34-16-18-37-10-2-4-12-39(37)20-34/h1-25,44H,26-30H2. The highest BCUT2D eigenvalue weighted by atomic mass is 16.5. The van der Waals surface area contributed by atoms with Crippen molar-refractivity contribution in [1.82, 2.24) is 0 Å². The third-order valence-electron chi connectivity index (χ3n) is 8.17. The van der Waals surface area contributed by atoms with Crippen molar-refractivity contribution >= 4 is 21.5 Å². The smallest absolute Gasteiger partial charge is 0.123 e.